The highest BCUT2D eigenvalue weighted by Gasteiger charge is 2.42. The smallest absolute Gasteiger partial charge is 0.262 e. The van der Waals surface area contributed by atoms with Crippen LogP contribution >= 0.6 is 0 Å². The summed E-state index contributed by atoms with van der Waals surface area (Å²) in [5.74, 6) is -2.69. The average molecular weight is 527 g/mol. The van der Waals surface area contributed by atoms with Crippen molar-refractivity contribution in [1.82, 2.24) is 19.8 Å². The number of hydrogen-bond donors (Lipinski definition) is 0. The maximum absolute atomic E-state index is 13.7. The lowest BCUT2D eigenvalue weighted by atomic mass is 9.81. The second-order valence-corrected chi connectivity index (χ2v) is 9.40. The molecule has 6 rings (SSSR count). The van der Waals surface area contributed by atoms with Crippen molar-refractivity contribution in [3.8, 4) is 12.1 Å². The van der Waals surface area contributed by atoms with Crippen LogP contribution in [0.25, 0.3) is 10.8 Å². The van der Waals surface area contributed by atoms with Crippen molar-refractivity contribution in [2.75, 3.05) is 13.1 Å². The monoisotopic (exact) mass is 526 g/mol. The molecule has 0 radical (unpaired) electrons. The van der Waals surface area contributed by atoms with Crippen molar-refractivity contribution >= 4 is 34.4 Å². The Kier molecular flexibility index (Phi) is 5.86. The van der Waals surface area contributed by atoms with Gasteiger partial charge >= 0.3 is 0 Å². The molecule has 2 aliphatic heterocycles. The lowest BCUT2D eigenvalue weighted by Gasteiger charge is -2.33. The van der Waals surface area contributed by atoms with E-state index in [2.05, 4.69) is 9.97 Å². The van der Waals surface area contributed by atoms with Crippen LogP contribution in [0.15, 0.2) is 61.2 Å². The molecule has 0 saturated heterocycles. The van der Waals surface area contributed by atoms with Gasteiger partial charge in [0, 0.05) is 48.6 Å². The van der Waals surface area contributed by atoms with Crippen LogP contribution in [0.5, 0.6) is 0 Å². The number of carbonyl (C=O) groups excluding carboxylic acids is 4. The molecule has 0 atom stereocenters. The van der Waals surface area contributed by atoms with Crippen LogP contribution < -0.4 is 0 Å². The van der Waals surface area contributed by atoms with Gasteiger partial charge in [0.1, 0.15) is 12.1 Å². The van der Waals surface area contributed by atoms with Crippen LogP contribution in [0.4, 0.5) is 0 Å². The number of nitrogens with zero attached hydrogens (tertiary/aromatic N) is 6. The fourth-order valence-corrected chi connectivity index (χ4v) is 5.33. The number of nitriles is 2. The Hall–Kier alpha value is -5.74. The largest absolute Gasteiger partial charge is 0.274 e. The number of imide groups is 2. The molecule has 2 aromatic heterocycles. The molecule has 4 heterocycles. The summed E-state index contributed by atoms with van der Waals surface area (Å²) >= 11 is 0. The van der Waals surface area contributed by atoms with Gasteiger partial charge in [-0.05, 0) is 60.4 Å². The van der Waals surface area contributed by atoms with Crippen molar-refractivity contribution in [2.45, 2.75) is 12.8 Å². The van der Waals surface area contributed by atoms with Gasteiger partial charge < -0.3 is 0 Å². The Morgan fingerprint density at radius 3 is 1.32 bits per heavy atom. The maximum Gasteiger partial charge on any atom is 0.262 e. The van der Waals surface area contributed by atoms with Gasteiger partial charge in [0.15, 0.2) is 0 Å². The first-order valence-corrected chi connectivity index (χ1v) is 12.4. The van der Waals surface area contributed by atoms with E-state index in [4.69, 9.17) is 0 Å². The molecule has 10 heteroatoms. The highest BCUT2D eigenvalue weighted by atomic mass is 16.2. The Morgan fingerprint density at radius 2 is 0.975 bits per heavy atom. The van der Waals surface area contributed by atoms with Gasteiger partial charge in [-0.15, -0.1) is 0 Å². The van der Waals surface area contributed by atoms with Gasteiger partial charge in [-0.2, -0.15) is 10.5 Å². The van der Waals surface area contributed by atoms with E-state index in [0.717, 1.165) is 20.9 Å². The fourth-order valence-electron chi connectivity index (χ4n) is 5.33. The van der Waals surface area contributed by atoms with Crippen molar-refractivity contribution < 1.29 is 19.2 Å². The van der Waals surface area contributed by atoms with E-state index in [1.807, 2.05) is 12.1 Å². The van der Waals surface area contributed by atoms with Crippen LogP contribution in [0.1, 0.15) is 63.7 Å². The molecule has 0 saturated carbocycles. The third-order valence-corrected chi connectivity index (χ3v) is 7.26. The number of carbonyl (C=O) groups is 4. The van der Waals surface area contributed by atoms with Crippen LogP contribution in [0, 0.1) is 22.7 Å². The first-order chi connectivity index (χ1) is 19.4. The Morgan fingerprint density at radius 1 is 0.600 bits per heavy atom. The van der Waals surface area contributed by atoms with Crippen molar-refractivity contribution in [1.29, 1.82) is 10.5 Å². The first-order valence-electron chi connectivity index (χ1n) is 12.4. The average Bonchev–Trinajstić information content (AvgIpc) is 2.99. The summed E-state index contributed by atoms with van der Waals surface area (Å²) in [5, 5.41) is 20.1. The molecule has 0 N–H and O–H groups in total. The van der Waals surface area contributed by atoms with Gasteiger partial charge in [0.2, 0.25) is 0 Å². The number of benzene rings is 2. The number of amides is 4. The summed E-state index contributed by atoms with van der Waals surface area (Å²) in [5.41, 5.74) is 1.45. The van der Waals surface area contributed by atoms with Crippen LogP contribution in [-0.4, -0.2) is 56.5 Å². The van der Waals surface area contributed by atoms with Crippen LogP contribution in [0.2, 0.25) is 0 Å². The molecule has 192 valence electrons. The zero-order valence-corrected chi connectivity index (χ0v) is 20.9. The van der Waals surface area contributed by atoms with Crippen LogP contribution in [-0.2, 0) is 12.8 Å². The summed E-state index contributed by atoms with van der Waals surface area (Å²) in [7, 11) is 0. The minimum Gasteiger partial charge on any atom is -0.274 e. The molecule has 0 spiro atoms. The molecule has 4 aromatic rings. The summed E-state index contributed by atoms with van der Waals surface area (Å²) in [6.07, 6.45) is 7.13. The number of hydrogen-bond acceptors (Lipinski definition) is 8. The topological polar surface area (TPSA) is 148 Å². The zero-order chi connectivity index (χ0) is 28.0. The third kappa shape index (κ3) is 3.70. The van der Waals surface area contributed by atoms with Crippen molar-refractivity contribution in [3.63, 3.8) is 0 Å². The van der Waals surface area contributed by atoms with E-state index in [1.165, 1.54) is 12.1 Å². The van der Waals surface area contributed by atoms with E-state index in [1.54, 1.807) is 49.1 Å². The van der Waals surface area contributed by atoms with E-state index < -0.39 is 23.6 Å². The zero-order valence-electron chi connectivity index (χ0n) is 20.9. The standard InChI is InChI=1S/C30H18N6O4/c31-15-19-14-22-26-24(30(40)36(28(22)38)12-6-18-3-9-34-10-4-18)20(16-32)13-21-25(26)23(19)29(39)35(27(21)37)11-5-17-1-7-33-8-2-17/h1-4,7-10,13-14H,5-6,11-12H2. The normalized spacial score (nSPS) is 13.9. The summed E-state index contributed by atoms with van der Waals surface area (Å²) in [6, 6.07) is 13.6. The molecule has 40 heavy (non-hydrogen) atoms. The molecule has 0 bridgehead atoms. The quantitative estimate of drug-likeness (QED) is 0.348. The molecule has 0 fully saturated rings. The lowest BCUT2D eigenvalue weighted by Crippen LogP contribution is -2.45. The Balaban J connectivity index is 1.49. The van der Waals surface area contributed by atoms with Gasteiger partial charge in [-0.1, -0.05) is 0 Å². The Labute approximate surface area is 227 Å². The highest BCUT2D eigenvalue weighted by Crippen LogP contribution is 2.41. The fraction of sp³-hybridized carbons (Fsp3) is 0.133. The highest BCUT2D eigenvalue weighted by molar-refractivity contribution is 6.34. The number of aromatic nitrogens is 2. The SMILES string of the molecule is N#Cc1cc2c3c(c(C#N)cc4c3c1C(=O)N(CCc1ccncc1)C4=O)C(=O)N(CCc1ccncc1)C2=O. The predicted octanol–water partition coefficient (Wildman–Crippen LogP) is 3.05. The summed E-state index contributed by atoms with van der Waals surface area (Å²) in [4.78, 5) is 64.6. The predicted molar refractivity (Wildman–Crippen MR) is 140 cm³/mol. The van der Waals surface area contributed by atoms with Crippen LogP contribution in [0.3, 0.4) is 0 Å². The number of rotatable bonds is 6. The van der Waals surface area contributed by atoms with Gasteiger partial charge in [0.25, 0.3) is 23.6 Å². The van der Waals surface area contributed by atoms with Gasteiger partial charge in [-0.25, -0.2) is 0 Å². The molecule has 0 aliphatic carbocycles. The maximum atomic E-state index is 13.7. The summed E-state index contributed by atoms with van der Waals surface area (Å²) in [6.45, 7) is 0.0546. The van der Waals surface area contributed by atoms with Crippen molar-refractivity contribution in [2.24, 2.45) is 0 Å². The molecule has 2 aromatic carbocycles. The second-order valence-electron chi connectivity index (χ2n) is 9.40. The second kappa shape index (κ2) is 9.53. The van der Waals surface area contributed by atoms with E-state index in [9.17, 15) is 29.7 Å². The molecule has 4 amide bonds. The summed E-state index contributed by atoms with van der Waals surface area (Å²) < 4.78 is 0. The first kappa shape index (κ1) is 24.6. The molecular formula is C30H18N6O4. The van der Waals surface area contributed by atoms with E-state index in [0.29, 0.717) is 12.8 Å². The molecule has 2 aliphatic rings. The molecule has 0 unspecified atom stereocenters. The van der Waals surface area contributed by atoms with Crippen molar-refractivity contribution in [3.05, 3.63) is 106 Å². The lowest BCUT2D eigenvalue weighted by molar-refractivity contribution is 0.0590. The minimum absolute atomic E-state index is 0.00353. The van der Waals surface area contributed by atoms with E-state index in [-0.39, 0.29) is 57.2 Å². The number of pyridine rings is 2. The van der Waals surface area contributed by atoms with Gasteiger partial charge in [0.05, 0.1) is 33.4 Å². The minimum atomic E-state index is -0.690. The molecular weight excluding hydrogens is 508 g/mol. The molecule has 10 nitrogen and oxygen atoms in total. The van der Waals surface area contributed by atoms with Gasteiger partial charge in [-0.3, -0.25) is 38.9 Å². The third-order valence-electron chi connectivity index (χ3n) is 7.26. The Bertz CT molecular complexity index is 1720. The van der Waals surface area contributed by atoms with E-state index >= 15 is 0 Å².